The van der Waals surface area contributed by atoms with Gasteiger partial charge in [0.05, 0.1) is 6.61 Å². The van der Waals surface area contributed by atoms with E-state index in [2.05, 4.69) is 28.8 Å². The first-order valence-electron chi connectivity index (χ1n) is 14.2. The van der Waals surface area contributed by atoms with Crippen LogP contribution in [-0.2, 0) is 19.1 Å². The van der Waals surface area contributed by atoms with Crippen LogP contribution in [0.25, 0.3) is 0 Å². The van der Waals surface area contributed by atoms with Crippen LogP contribution in [-0.4, -0.2) is 88.3 Å². The lowest BCUT2D eigenvalue weighted by Gasteiger charge is -2.16. The Hall–Kier alpha value is -2.09. The van der Waals surface area contributed by atoms with E-state index in [0.29, 0.717) is 6.61 Å². The van der Waals surface area contributed by atoms with Crippen LogP contribution in [0.1, 0.15) is 89.5 Å². The molecule has 7 heteroatoms. The van der Waals surface area contributed by atoms with Crippen LogP contribution < -0.4 is 5.32 Å². The van der Waals surface area contributed by atoms with Gasteiger partial charge in [-0.1, -0.05) is 87.5 Å². The average Bonchev–Trinajstić information content (AvgIpc) is 2.93. The molecule has 0 aliphatic rings. The summed E-state index contributed by atoms with van der Waals surface area (Å²) in [6, 6.07) is 0. The second kappa shape index (κ2) is 55.4. The molecule has 0 unspecified atom stereocenters. The van der Waals surface area contributed by atoms with Crippen LogP contribution >= 0.6 is 0 Å². The number of nitrogens with one attached hydrogen (secondary N) is 1. The van der Waals surface area contributed by atoms with E-state index >= 15 is 0 Å². The van der Waals surface area contributed by atoms with Crippen molar-refractivity contribution in [3.8, 4) is 0 Å². The normalized spacial score (nSPS) is 9.21. The van der Waals surface area contributed by atoms with Gasteiger partial charge in [-0.3, -0.25) is 19.3 Å². The number of hydrogen-bond donors (Lipinski definition) is 1. The Bertz CT molecular complexity index is 529. The summed E-state index contributed by atoms with van der Waals surface area (Å²) in [6.07, 6.45) is 11.3. The predicted molar refractivity (Wildman–Crippen MR) is 171 cm³/mol. The van der Waals surface area contributed by atoms with Gasteiger partial charge in [0.25, 0.3) is 0 Å². The summed E-state index contributed by atoms with van der Waals surface area (Å²) in [5.41, 5.74) is 0. The molecule has 0 atom stereocenters. The minimum absolute atomic E-state index is 0.0538. The highest BCUT2D eigenvalue weighted by Gasteiger charge is 1.96. The molecule has 0 aliphatic heterocycles. The highest BCUT2D eigenvalue weighted by molar-refractivity contribution is 5.87. The lowest BCUT2D eigenvalue weighted by Crippen LogP contribution is -2.24. The van der Waals surface area contributed by atoms with Crippen molar-refractivity contribution in [3.05, 3.63) is 36.5 Å². The van der Waals surface area contributed by atoms with E-state index in [1.807, 2.05) is 86.5 Å². The molecule has 0 aliphatic carbocycles. The van der Waals surface area contributed by atoms with E-state index in [9.17, 15) is 14.4 Å². The van der Waals surface area contributed by atoms with Gasteiger partial charge in [-0.2, -0.15) is 0 Å². The first-order valence-corrected chi connectivity index (χ1v) is 14.2. The molecule has 0 fully saturated rings. The van der Waals surface area contributed by atoms with Crippen LogP contribution in [0.3, 0.4) is 0 Å². The van der Waals surface area contributed by atoms with Gasteiger partial charge in [0.15, 0.2) is 11.6 Å². The Kier molecular flexibility index (Phi) is 76.4. The molecule has 0 spiro atoms. The predicted octanol–water partition coefficient (Wildman–Crippen LogP) is 6.60. The Morgan fingerprint density at radius 2 is 1.16 bits per heavy atom. The number of carbonyl (C=O) groups is 3. The van der Waals surface area contributed by atoms with Crippen LogP contribution in [0.15, 0.2) is 36.5 Å². The number of methoxy groups -OCH3 is 1. The molecule has 0 aromatic heterocycles. The van der Waals surface area contributed by atoms with E-state index < -0.39 is 0 Å². The van der Waals surface area contributed by atoms with Crippen LogP contribution in [0.2, 0.25) is 0 Å². The summed E-state index contributed by atoms with van der Waals surface area (Å²) < 4.78 is 4.65. The van der Waals surface area contributed by atoms with Crippen molar-refractivity contribution in [1.82, 2.24) is 15.1 Å². The van der Waals surface area contributed by atoms with Crippen molar-refractivity contribution in [2.45, 2.75) is 89.5 Å². The minimum Gasteiger partial charge on any atom is -0.381 e. The summed E-state index contributed by atoms with van der Waals surface area (Å²) in [6.45, 7) is 27.7. The first kappa shape index (κ1) is 52.4. The molecule has 0 saturated heterocycles. The maximum absolute atomic E-state index is 10.6. The summed E-state index contributed by atoms with van der Waals surface area (Å²) in [7, 11) is 7.11. The number of ether oxygens (including phenoxy) is 1. The maximum atomic E-state index is 10.6. The van der Waals surface area contributed by atoms with Gasteiger partial charge in [0, 0.05) is 33.3 Å². The molecule has 0 aromatic rings. The lowest BCUT2D eigenvalue weighted by molar-refractivity contribution is -0.116. The molecule has 7 nitrogen and oxygen atoms in total. The number of allylic oxidation sites excluding steroid dienone is 2. The number of likely N-dealkylation sites (N-methyl/N-ethyl adjacent to an activating group) is 3. The fraction of sp³-hybridized carbons (Fsp3) is 0.710. The summed E-state index contributed by atoms with van der Waals surface area (Å²) in [5.74, 6) is 0.131. The van der Waals surface area contributed by atoms with Crippen molar-refractivity contribution < 1.29 is 19.1 Å². The van der Waals surface area contributed by atoms with Crippen LogP contribution in [0.4, 0.5) is 0 Å². The highest BCUT2D eigenvalue weighted by atomic mass is 16.5. The SMILES string of the molecule is CC.CC.CC.CC.CCCN(CC)C/C=C/C(C)=O.CNC(=O)/C=C/CN(C)C.COC/C=C/C(C)=O. The molecule has 0 radical (unpaired) electrons. The van der Waals surface area contributed by atoms with E-state index in [1.165, 1.54) is 25.5 Å². The second-order valence-corrected chi connectivity index (χ2v) is 6.65. The van der Waals surface area contributed by atoms with Gasteiger partial charge in [-0.05, 0) is 59.6 Å². The highest BCUT2D eigenvalue weighted by Crippen LogP contribution is 1.91. The number of ketones is 2. The molecule has 1 N–H and O–H groups in total. The van der Waals surface area contributed by atoms with Gasteiger partial charge in [-0.25, -0.2) is 0 Å². The van der Waals surface area contributed by atoms with Gasteiger partial charge in [-0.15, -0.1) is 0 Å². The van der Waals surface area contributed by atoms with Crippen molar-refractivity contribution in [1.29, 1.82) is 0 Å². The van der Waals surface area contributed by atoms with E-state index in [4.69, 9.17) is 0 Å². The summed E-state index contributed by atoms with van der Waals surface area (Å²) >= 11 is 0. The second-order valence-electron chi connectivity index (χ2n) is 6.65. The minimum atomic E-state index is -0.0538. The Morgan fingerprint density at radius 1 is 0.737 bits per heavy atom. The van der Waals surface area contributed by atoms with Gasteiger partial charge in [0.1, 0.15) is 0 Å². The molecule has 230 valence electrons. The molecule has 1 amide bonds. The molecule has 0 bridgehead atoms. The molecular formula is C31H67N3O4. The zero-order valence-corrected chi connectivity index (χ0v) is 28.2. The standard InChI is InChI=1S/C10H19NO.C7H14N2O.C6H10O2.4C2H6/c1-4-8-11(5-2)9-6-7-10(3)12;1-8-7(10)5-4-6-9(2)3;1-6(7)4-3-5-8-2;4*1-2/h6-7H,4-5,8-9H2,1-3H3;4-5H,6H2,1-3H3,(H,8,10);3-4H,5H2,1-2H3;4*1-2H3/b7-6+;5-4+;4-3+;;;;. The molecular weight excluding hydrogens is 478 g/mol. The first-order chi connectivity index (χ1) is 18.1. The lowest BCUT2D eigenvalue weighted by atomic mass is 10.3. The summed E-state index contributed by atoms with van der Waals surface area (Å²) in [5, 5.41) is 2.49. The maximum Gasteiger partial charge on any atom is 0.243 e. The van der Waals surface area contributed by atoms with Crippen molar-refractivity contribution >= 4 is 17.5 Å². The number of rotatable bonds is 12. The van der Waals surface area contributed by atoms with E-state index in [-0.39, 0.29) is 17.5 Å². The third kappa shape index (κ3) is 76.5. The van der Waals surface area contributed by atoms with Crippen LogP contribution in [0.5, 0.6) is 0 Å². The molecule has 0 rings (SSSR count). The number of nitrogens with zero attached hydrogens (tertiary/aromatic N) is 2. The third-order valence-electron chi connectivity index (χ3n) is 3.30. The van der Waals surface area contributed by atoms with Crippen molar-refractivity contribution in [2.75, 3.05) is 61.0 Å². The number of carbonyl (C=O) groups excluding carboxylic acids is 3. The van der Waals surface area contributed by atoms with E-state index in [1.54, 1.807) is 33.2 Å². The monoisotopic (exact) mass is 546 g/mol. The van der Waals surface area contributed by atoms with E-state index in [0.717, 1.165) is 26.2 Å². The van der Waals surface area contributed by atoms with Crippen LogP contribution in [0, 0.1) is 0 Å². The largest absolute Gasteiger partial charge is 0.381 e. The quantitative estimate of drug-likeness (QED) is 0.279. The molecule has 0 saturated carbocycles. The van der Waals surface area contributed by atoms with Crippen molar-refractivity contribution in [3.63, 3.8) is 0 Å². The molecule has 0 aromatic carbocycles. The van der Waals surface area contributed by atoms with Gasteiger partial charge < -0.3 is 15.0 Å². The fourth-order valence-corrected chi connectivity index (χ4v) is 1.83. The topological polar surface area (TPSA) is 79.0 Å². The third-order valence-corrected chi connectivity index (χ3v) is 3.30. The zero-order valence-electron chi connectivity index (χ0n) is 28.2. The fourth-order valence-electron chi connectivity index (χ4n) is 1.83. The van der Waals surface area contributed by atoms with Crippen molar-refractivity contribution in [2.24, 2.45) is 0 Å². The van der Waals surface area contributed by atoms with Gasteiger partial charge in [0.2, 0.25) is 5.91 Å². The Labute approximate surface area is 238 Å². The smallest absolute Gasteiger partial charge is 0.243 e. The summed E-state index contributed by atoms with van der Waals surface area (Å²) in [4.78, 5) is 35.6. The molecule has 0 heterocycles. The molecule has 38 heavy (non-hydrogen) atoms. The average molecular weight is 546 g/mol. The number of hydrogen-bond acceptors (Lipinski definition) is 6. The number of amides is 1. The zero-order chi connectivity index (χ0) is 31.8. The Balaban J connectivity index is -0.0000000675. The Morgan fingerprint density at radius 3 is 1.47 bits per heavy atom. The van der Waals surface area contributed by atoms with Gasteiger partial charge >= 0.3 is 0 Å².